The Morgan fingerprint density at radius 2 is 2.38 bits per heavy atom. The van der Waals surface area contributed by atoms with Gasteiger partial charge in [0.25, 0.3) is 10.0 Å². The minimum Gasteiger partial charge on any atom is -0.315 e. The van der Waals surface area contributed by atoms with Gasteiger partial charge in [-0.3, -0.25) is 0 Å². The standard InChI is InChI=1S/C8H13N3O2S2.ClH/c1-6-10-5-8(14-6)15(12,13)11-7-2-3-9-4-7;/h5,7,9,11H,2-4H2,1H3;1H. The van der Waals surface area contributed by atoms with Crippen molar-refractivity contribution in [3.63, 3.8) is 0 Å². The highest BCUT2D eigenvalue weighted by Gasteiger charge is 2.23. The van der Waals surface area contributed by atoms with Gasteiger partial charge in [-0.2, -0.15) is 0 Å². The van der Waals surface area contributed by atoms with E-state index in [1.165, 1.54) is 17.5 Å². The lowest BCUT2D eigenvalue weighted by atomic mass is 10.3. The number of nitrogens with zero attached hydrogens (tertiary/aromatic N) is 1. The van der Waals surface area contributed by atoms with Crippen molar-refractivity contribution in [2.75, 3.05) is 13.1 Å². The van der Waals surface area contributed by atoms with Gasteiger partial charge in [0.1, 0.15) is 0 Å². The maximum atomic E-state index is 11.8. The zero-order valence-corrected chi connectivity index (χ0v) is 11.2. The quantitative estimate of drug-likeness (QED) is 0.848. The zero-order chi connectivity index (χ0) is 10.9. The van der Waals surface area contributed by atoms with Crippen molar-refractivity contribution in [3.05, 3.63) is 11.2 Å². The van der Waals surface area contributed by atoms with Crippen LogP contribution in [0.25, 0.3) is 0 Å². The first kappa shape index (κ1) is 13.9. The van der Waals surface area contributed by atoms with Crippen molar-refractivity contribution in [2.45, 2.75) is 23.6 Å². The van der Waals surface area contributed by atoms with Crippen molar-refractivity contribution in [3.8, 4) is 0 Å². The summed E-state index contributed by atoms with van der Waals surface area (Å²) in [4.78, 5) is 3.94. The summed E-state index contributed by atoms with van der Waals surface area (Å²) in [5, 5.41) is 3.88. The molecule has 2 N–H and O–H groups in total. The Hall–Kier alpha value is -0.210. The van der Waals surface area contributed by atoms with Gasteiger partial charge in [0.15, 0.2) is 4.21 Å². The maximum absolute atomic E-state index is 11.8. The molecule has 8 heteroatoms. The van der Waals surface area contributed by atoms with E-state index in [4.69, 9.17) is 0 Å². The molecule has 2 rings (SSSR count). The molecule has 0 aliphatic carbocycles. The molecule has 1 aromatic heterocycles. The van der Waals surface area contributed by atoms with Crippen molar-refractivity contribution in [1.29, 1.82) is 0 Å². The highest BCUT2D eigenvalue weighted by atomic mass is 35.5. The molecule has 0 saturated carbocycles. The van der Waals surface area contributed by atoms with Gasteiger partial charge >= 0.3 is 0 Å². The molecule has 1 unspecified atom stereocenters. The number of sulfonamides is 1. The summed E-state index contributed by atoms with van der Waals surface area (Å²) in [6.07, 6.45) is 2.25. The third-order valence-corrected chi connectivity index (χ3v) is 5.14. The number of nitrogens with one attached hydrogen (secondary N) is 2. The van der Waals surface area contributed by atoms with E-state index in [1.54, 1.807) is 6.92 Å². The van der Waals surface area contributed by atoms with Gasteiger partial charge in [0, 0.05) is 12.6 Å². The monoisotopic (exact) mass is 283 g/mol. The lowest BCUT2D eigenvalue weighted by Crippen LogP contribution is -2.35. The summed E-state index contributed by atoms with van der Waals surface area (Å²) in [5.41, 5.74) is 0. The van der Waals surface area contributed by atoms with Crippen molar-refractivity contribution >= 4 is 33.8 Å². The Labute approximate surface area is 105 Å². The first-order valence-corrected chi connectivity index (χ1v) is 7.03. The first-order chi connectivity index (χ1) is 7.08. The molecule has 0 amide bonds. The van der Waals surface area contributed by atoms with Crippen LogP contribution in [0.4, 0.5) is 0 Å². The molecule has 1 aliphatic heterocycles. The molecular weight excluding hydrogens is 270 g/mol. The number of aromatic nitrogens is 1. The van der Waals surface area contributed by atoms with Crippen LogP contribution in [-0.4, -0.2) is 32.5 Å². The van der Waals surface area contributed by atoms with E-state index >= 15 is 0 Å². The molecule has 2 heterocycles. The molecule has 0 spiro atoms. The Bertz CT molecular complexity index is 440. The SMILES string of the molecule is Cc1ncc(S(=O)(=O)NC2CCNC2)s1.Cl. The molecule has 0 aromatic carbocycles. The Balaban J connectivity index is 0.00000128. The number of hydrogen-bond acceptors (Lipinski definition) is 5. The molecular formula is C8H14ClN3O2S2. The second-order valence-electron chi connectivity index (χ2n) is 3.51. The largest absolute Gasteiger partial charge is 0.315 e. The van der Waals surface area contributed by atoms with E-state index in [9.17, 15) is 8.42 Å². The van der Waals surface area contributed by atoms with Crippen LogP contribution < -0.4 is 10.0 Å². The number of aryl methyl sites for hydroxylation is 1. The maximum Gasteiger partial charge on any atom is 0.251 e. The van der Waals surface area contributed by atoms with Crippen LogP contribution >= 0.6 is 23.7 Å². The van der Waals surface area contributed by atoms with Crippen LogP contribution in [0.1, 0.15) is 11.4 Å². The van der Waals surface area contributed by atoms with Crippen LogP contribution in [0.3, 0.4) is 0 Å². The van der Waals surface area contributed by atoms with Crippen molar-refractivity contribution < 1.29 is 8.42 Å². The van der Waals surface area contributed by atoms with Crippen LogP contribution in [0.2, 0.25) is 0 Å². The van der Waals surface area contributed by atoms with Gasteiger partial charge in [-0.25, -0.2) is 18.1 Å². The Morgan fingerprint density at radius 1 is 1.62 bits per heavy atom. The van der Waals surface area contributed by atoms with Gasteiger partial charge in [0.05, 0.1) is 11.2 Å². The average molecular weight is 284 g/mol. The number of thiazole rings is 1. The number of rotatable bonds is 3. The smallest absolute Gasteiger partial charge is 0.251 e. The average Bonchev–Trinajstić information content (AvgIpc) is 2.75. The second-order valence-corrected chi connectivity index (χ2v) is 6.68. The summed E-state index contributed by atoms with van der Waals surface area (Å²) in [6.45, 7) is 3.37. The third kappa shape index (κ3) is 3.14. The fraction of sp³-hybridized carbons (Fsp3) is 0.625. The molecule has 1 saturated heterocycles. The molecule has 1 atom stereocenters. The van der Waals surface area contributed by atoms with Gasteiger partial charge < -0.3 is 5.32 Å². The topological polar surface area (TPSA) is 71.1 Å². The van der Waals surface area contributed by atoms with Crippen LogP contribution in [0.15, 0.2) is 10.4 Å². The van der Waals surface area contributed by atoms with Gasteiger partial charge in [-0.15, -0.1) is 23.7 Å². The molecule has 5 nitrogen and oxygen atoms in total. The lowest BCUT2D eigenvalue weighted by molar-refractivity contribution is 0.562. The summed E-state index contributed by atoms with van der Waals surface area (Å²) < 4.78 is 26.6. The summed E-state index contributed by atoms with van der Waals surface area (Å²) in [5.74, 6) is 0. The second kappa shape index (κ2) is 5.42. The van der Waals surface area contributed by atoms with E-state index in [-0.39, 0.29) is 18.4 Å². The predicted octanol–water partition coefficient (Wildman–Crippen LogP) is 0.514. The summed E-state index contributed by atoms with van der Waals surface area (Å²) >= 11 is 1.20. The van der Waals surface area contributed by atoms with E-state index in [1.807, 2.05) is 0 Å². The van der Waals surface area contributed by atoms with E-state index in [0.29, 0.717) is 10.8 Å². The molecule has 16 heavy (non-hydrogen) atoms. The molecule has 1 aliphatic rings. The summed E-state index contributed by atoms with van der Waals surface area (Å²) in [7, 11) is -3.36. The summed E-state index contributed by atoms with van der Waals surface area (Å²) in [6, 6.07) is 0.0115. The van der Waals surface area contributed by atoms with E-state index in [2.05, 4.69) is 15.0 Å². The van der Waals surface area contributed by atoms with Gasteiger partial charge in [0.2, 0.25) is 0 Å². The number of hydrogen-bond donors (Lipinski definition) is 2. The normalized spacial score (nSPS) is 20.7. The minimum atomic E-state index is -3.36. The van der Waals surface area contributed by atoms with Gasteiger partial charge in [-0.05, 0) is 19.9 Å². The third-order valence-electron chi connectivity index (χ3n) is 2.25. The molecule has 1 fully saturated rings. The first-order valence-electron chi connectivity index (χ1n) is 4.73. The highest BCUT2D eigenvalue weighted by molar-refractivity contribution is 7.91. The van der Waals surface area contributed by atoms with Crippen LogP contribution in [-0.2, 0) is 10.0 Å². The number of halogens is 1. The van der Waals surface area contributed by atoms with Gasteiger partial charge in [-0.1, -0.05) is 0 Å². The molecule has 1 aromatic rings. The van der Waals surface area contributed by atoms with E-state index < -0.39 is 10.0 Å². The Kier molecular flexibility index (Phi) is 4.69. The Morgan fingerprint density at radius 3 is 2.88 bits per heavy atom. The highest BCUT2D eigenvalue weighted by Crippen LogP contribution is 2.18. The lowest BCUT2D eigenvalue weighted by Gasteiger charge is -2.09. The predicted molar refractivity (Wildman–Crippen MR) is 65.7 cm³/mol. The zero-order valence-electron chi connectivity index (χ0n) is 8.76. The van der Waals surface area contributed by atoms with Crippen molar-refractivity contribution in [2.24, 2.45) is 0 Å². The van der Waals surface area contributed by atoms with Crippen molar-refractivity contribution in [1.82, 2.24) is 15.0 Å². The van der Waals surface area contributed by atoms with Crippen LogP contribution in [0.5, 0.6) is 0 Å². The fourth-order valence-corrected chi connectivity index (χ4v) is 3.89. The molecule has 0 radical (unpaired) electrons. The molecule has 92 valence electrons. The fourth-order valence-electron chi connectivity index (χ4n) is 1.50. The minimum absolute atomic E-state index is 0. The van der Waals surface area contributed by atoms with E-state index in [0.717, 1.165) is 18.0 Å². The molecule has 0 bridgehead atoms. The van der Waals surface area contributed by atoms with Crippen LogP contribution in [0, 0.1) is 6.92 Å².